The number of rotatable bonds is 7. The molecule has 0 atom stereocenters. The summed E-state index contributed by atoms with van der Waals surface area (Å²) in [5.74, 6) is 0. The molecule has 0 unspecified atom stereocenters. The van der Waals surface area contributed by atoms with E-state index in [1.807, 2.05) is 0 Å². The average Bonchev–Trinajstić information content (AvgIpc) is 3.25. The van der Waals surface area contributed by atoms with E-state index in [1.54, 1.807) is 0 Å². The molecule has 0 heterocycles. The molecule has 1 radical (unpaired) electrons. The summed E-state index contributed by atoms with van der Waals surface area (Å²) < 4.78 is 0. The first-order valence-electron chi connectivity index (χ1n) is 12.2. The van der Waals surface area contributed by atoms with Crippen LogP contribution in [-0.4, -0.2) is 8.07 Å². The number of nitrogens with two attached hydrogens (primary N) is 3. The summed E-state index contributed by atoms with van der Waals surface area (Å²) in [6.07, 6.45) is 2.33. The Hall–Kier alpha value is -3.28. The topological polar surface area (TPSA) is 78.1 Å². The van der Waals surface area contributed by atoms with Gasteiger partial charge >= 0.3 is 0 Å². The lowest BCUT2D eigenvalue weighted by Crippen LogP contribution is -2.71. The van der Waals surface area contributed by atoms with E-state index in [0.717, 1.165) is 16.7 Å². The van der Waals surface area contributed by atoms with E-state index in [0.29, 0.717) is 19.6 Å². The normalized spacial score (nSPS) is 13.5. The van der Waals surface area contributed by atoms with Crippen molar-refractivity contribution in [2.75, 3.05) is 0 Å². The predicted molar refractivity (Wildman–Crippen MR) is 150 cm³/mol. The quantitative estimate of drug-likeness (QED) is 0.284. The Morgan fingerprint density at radius 3 is 1.49 bits per heavy atom. The summed E-state index contributed by atoms with van der Waals surface area (Å²) >= 11 is 0. The van der Waals surface area contributed by atoms with Crippen LogP contribution in [0.2, 0.25) is 0 Å². The fourth-order valence-corrected chi connectivity index (χ4v) is 11.0. The second-order valence-electron chi connectivity index (χ2n) is 9.25. The zero-order valence-corrected chi connectivity index (χ0v) is 21.2. The number of hydrogen-bond donors (Lipinski definition) is 3. The third kappa shape index (κ3) is 3.99. The summed E-state index contributed by atoms with van der Waals surface area (Å²) in [7, 11) is -2.77. The molecular weight excluding hydrogens is 442 g/mol. The van der Waals surface area contributed by atoms with Crippen molar-refractivity contribution in [3.05, 3.63) is 136 Å². The van der Waals surface area contributed by atoms with Crippen LogP contribution in [0.5, 0.6) is 0 Å². The number of hydrogen-bond acceptors (Lipinski definition) is 3. The third-order valence-corrected chi connectivity index (χ3v) is 12.1. The van der Waals surface area contributed by atoms with E-state index in [1.165, 1.54) is 37.8 Å². The molecule has 3 nitrogen and oxygen atoms in total. The maximum Gasteiger partial charge on any atom is 0.163 e. The van der Waals surface area contributed by atoms with Crippen molar-refractivity contribution in [2.24, 2.45) is 17.2 Å². The van der Waals surface area contributed by atoms with E-state index in [4.69, 9.17) is 17.2 Å². The second-order valence-corrected chi connectivity index (χ2v) is 13.0. The Morgan fingerprint density at radius 1 is 0.571 bits per heavy atom. The van der Waals surface area contributed by atoms with Crippen molar-refractivity contribution in [3.8, 4) is 0 Å². The monoisotopic (exact) mass is 474 g/mol. The van der Waals surface area contributed by atoms with Crippen LogP contribution < -0.4 is 32.8 Å². The molecule has 0 aromatic heterocycles. The van der Waals surface area contributed by atoms with E-state index < -0.39 is 8.07 Å². The molecule has 35 heavy (non-hydrogen) atoms. The van der Waals surface area contributed by atoms with Gasteiger partial charge in [0.2, 0.25) is 0 Å². The lowest BCUT2D eigenvalue weighted by molar-refractivity contribution is 1.07. The summed E-state index contributed by atoms with van der Waals surface area (Å²) in [4.78, 5) is 0. The molecule has 0 saturated carbocycles. The molecule has 1 aliphatic rings. The molecule has 5 rings (SSSR count). The summed E-state index contributed by atoms with van der Waals surface area (Å²) in [6.45, 7) is 3.77. The Balaban J connectivity index is 1.94. The van der Waals surface area contributed by atoms with E-state index in [2.05, 4.69) is 110 Å². The lowest BCUT2D eigenvalue weighted by Gasteiger charge is -2.40. The molecule has 0 fully saturated rings. The minimum atomic E-state index is -2.77. The molecule has 0 saturated heterocycles. The maximum atomic E-state index is 6.15. The smallest absolute Gasteiger partial charge is 0.163 e. The molecule has 4 aromatic rings. The maximum absolute atomic E-state index is 6.15. The van der Waals surface area contributed by atoms with Gasteiger partial charge in [-0.1, -0.05) is 109 Å². The molecule has 6 N–H and O–H groups in total. The first-order valence-corrected chi connectivity index (χ1v) is 14.2. The average molecular weight is 475 g/mol. The SMILES string of the molecule is CC1=Cc2ccccc2[C]1[Si](c1cccc(CN)c1)(c1cccc(CN)c1)c1cccc(CN)c1. The minimum Gasteiger partial charge on any atom is -0.326 e. The molecule has 0 spiro atoms. The van der Waals surface area contributed by atoms with E-state index in [-0.39, 0.29) is 0 Å². The number of benzene rings is 4. The Bertz CT molecular complexity index is 1280. The predicted octanol–water partition coefficient (Wildman–Crippen LogP) is 3.11. The summed E-state index contributed by atoms with van der Waals surface area (Å²) in [6, 6.07) is 35.4. The van der Waals surface area contributed by atoms with Gasteiger partial charge in [0.1, 0.15) is 0 Å². The second kappa shape index (κ2) is 9.76. The molecular formula is C31H32N3Si. The van der Waals surface area contributed by atoms with Gasteiger partial charge in [-0.25, -0.2) is 0 Å². The lowest BCUT2D eigenvalue weighted by atomic mass is 10.1. The van der Waals surface area contributed by atoms with E-state index in [9.17, 15) is 0 Å². The first kappa shape index (κ1) is 23.5. The Morgan fingerprint density at radius 2 is 1.03 bits per heavy atom. The largest absolute Gasteiger partial charge is 0.326 e. The highest BCUT2D eigenvalue weighted by atomic mass is 28.3. The van der Waals surface area contributed by atoms with Gasteiger partial charge in [0, 0.05) is 25.2 Å². The fourth-order valence-electron chi connectivity index (χ4n) is 5.59. The van der Waals surface area contributed by atoms with Crippen LogP contribution in [0.15, 0.2) is 103 Å². The summed E-state index contributed by atoms with van der Waals surface area (Å²) in [5.41, 5.74) is 27.2. The van der Waals surface area contributed by atoms with Gasteiger partial charge in [-0.05, 0) is 50.3 Å². The third-order valence-electron chi connectivity index (χ3n) is 7.16. The van der Waals surface area contributed by atoms with Crippen molar-refractivity contribution in [1.29, 1.82) is 0 Å². The van der Waals surface area contributed by atoms with Crippen molar-refractivity contribution < 1.29 is 0 Å². The zero-order chi connectivity index (χ0) is 24.4. The molecule has 175 valence electrons. The highest BCUT2D eigenvalue weighted by molar-refractivity contribution is 7.16. The molecule has 4 aromatic carbocycles. The highest BCUT2D eigenvalue weighted by Crippen LogP contribution is 2.41. The van der Waals surface area contributed by atoms with Crippen molar-refractivity contribution in [1.82, 2.24) is 0 Å². The molecule has 0 bridgehead atoms. The zero-order valence-electron chi connectivity index (χ0n) is 20.2. The van der Waals surface area contributed by atoms with Crippen LogP contribution in [0.25, 0.3) is 6.08 Å². The van der Waals surface area contributed by atoms with Crippen LogP contribution in [-0.2, 0) is 19.6 Å². The Labute approximate surface area is 209 Å². The van der Waals surface area contributed by atoms with Crippen LogP contribution in [0, 0.1) is 5.54 Å². The van der Waals surface area contributed by atoms with Crippen LogP contribution in [0.4, 0.5) is 0 Å². The molecule has 0 amide bonds. The van der Waals surface area contributed by atoms with Gasteiger partial charge < -0.3 is 17.2 Å². The highest BCUT2D eigenvalue weighted by Gasteiger charge is 2.50. The van der Waals surface area contributed by atoms with Gasteiger partial charge in [0.25, 0.3) is 0 Å². The van der Waals surface area contributed by atoms with Gasteiger partial charge in [-0.2, -0.15) is 0 Å². The van der Waals surface area contributed by atoms with Gasteiger partial charge in [-0.15, -0.1) is 0 Å². The minimum absolute atomic E-state index is 0.505. The van der Waals surface area contributed by atoms with Gasteiger partial charge in [0.15, 0.2) is 8.07 Å². The van der Waals surface area contributed by atoms with Crippen LogP contribution in [0.3, 0.4) is 0 Å². The number of allylic oxidation sites excluding steroid dienone is 1. The first-order chi connectivity index (χ1) is 17.1. The Kier molecular flexibility index (Phi) is 6.54. The molecule has 1 aliphatic carbocycles. The van der Waals surface area contributed by atoms with Gasteiger partial charge in [0.05, 0.1) is 0 Å². The van der Waals surface area contributed by atoms with Crippen molar-refractivity contribution in [3.63, 3.8) is 0 Å². The van der Waals surface area contributed by atoms with Crippen molar-refractivity contribution in [2.45, 2.75) is 26.6 Å². The molecule has 4 heteroatoms. The molecule has 0 aliphatic heterocycles. The van der Waals surface area contributed by atoms with Crippen LogP contribution in [0.1, 0.15) is 34.7 Å². The fraction of sp³-hybridized carbons (Fsp3) is 0.129. The summed E-state index contributed by atoms with van der Waals surface area (Å²) in [5, 5.41) is 3.97. The van der Waals surface area contributed by atoms with E-state index >= 15 is 0 Å². The van der Waals surface area contributed by atoms with Crippen molar-refractivity contribution >= 4 is 29.7 Å². The van der Waals surface area contributed by atoms with Gasteiger partial charge in [-0.3, -0.25) is 0 Å². The van der Waals surface area contributed by atoms with Crippen LogP contribution >= 0.6 is 0 Å². The number of fused-ring (bicyclic) bond motifs is 1. The standard InChI is InChI=1S/C31H32N3Si/c1-22-15-26-10-2-3-14-30(26)31(22)35(27-11-4-7-23(16-27)19-32,28-12-5-8-24(17-28)20-33)29-13-6-9-25(18-29)21-34/h2-18H,19-21,32-34H2,1H3.